The van der Waals surface area contributed by atoms with Gasteiger partial charge in [0.15, 0.2) is 0 Å². The molecule has 7 nitrogen and oxygen atoms in total. The first-order valence-electron chi connectivity index (χ1n) is 8.71. The Kier molecular flexibility index (Phi) is 7.90. The Morgan fingerprint density at radius 1 is 1.14 bits per heavy atom. The second-order valence-corrected chi connectivity index (χ2v) is 8.99. The highest BCUT2D eigenvalue weighted by molar-refractivity contribution is 7.85. The van der Waals surface area contributed by atoms with Gasteiger partial charge in [0.1, 0.15) is 0 Å². The van der Waals surface area contributed by atoms with Crippen LogP contribution in [0.5, 0.6) is 0 Å². The van der Waals surface area contributed by atoms with E-state index in [0.29, 0.717) is 29.6 Å². The van der Waals surface area contributed by atoms with Crippen LogP contribution in [0.1, 0.15) is 23.5 Å². The van der Waals surface area contributed by atoms with Crippen LogP contribution < -0.4 is 5.73 Å². The van der Waals surface area contributed by atoms with Gasteiger partial charge in [-0.15, -0.1) is 0 Å². The Morgan fingerprint density at radius 3 is 2.28 bits per heavy atom. The molecular weight excluding hydrogens is 439 g/mol. The topological polar surface area (TPSA) is 121 Å². The summed E-state index contributed by atoms with van der Waals surface area (Å²) in [4.78, 5) is 12.3. The predicted octanol–water partition coefficient (Wildman–Crippen LogP) is 4.03. The van der Waals surface area contributed by atoms with Crippen molar-refractivity contribution in [2.24, 2.45) is 5.73 Å². The number of hydrogen-bond donors (Lipinski definition) is 3. The van der Waals surface area contributed by atoms with E-state index < -0.39 is 16.2 Å². The fourth-order valence-corrected chi connectivity index (χ4v) is 3.74. The quantitative estimate of drug-likeness (QED) is 0.581. The van der Waals surface area contributed by atoms with Crippen LogP contribution >= 0.6 is 23.2 Å². The molecule has 1 amide bonds. The van der Waals surface area contributed by atoms with E-state index in [4.69, 9.17) is 38.6 Å². The normalized spacial score (nSPS) is 19.3. The van der Waals surface area contributed by atoms with Crippen molar-refractivity contribution in [3.05, 3.63) is 63.6 Å². The minimum atomic E-state index is -4.02. The number of piperidine rings is 1. The molecule has 0 saturated carbocycles. The van der Waals surface area contributed by atoms with Crippen LogP contribution in [0.2, 0.25) is 10.0 Å². The smallest absolute Gasteiger partial charge is 0.407 e. The van der Waals surface area contributed by atoms with Gasteiger partial charge in [-0.2, -0.15) is 8.42 Å². The van der Waals surface area contributed by atoms with Gasteiger partial charge in [-0.25, -0.2) is 4.79 Å². The summed E-state index contributed by atoms with van der Waals surface area (Å²) in [6.07, 6.45) is -0.260. The summed E-state index contributed by atoms with van der Waals surface area (Å²) >= 11 is 11.8. The van der Waals surface area contributed by atoms with Crippen molar-refractivity contribution >= 4 is 39.4 Å². The molecule has 0 aliphatic carbocycles. The molecule has 0 unspecified atom stereocenters. The van der Waals surface area contributed by atoms with Crippen LogP contribution in [0.25, 0.3) is 0 Å². The molecule has 1 aliphatic rings. The van der Waals surface area contributed by atoms with Gasteiger partial charge in [-0.3, -0.25) is 4.55 Å². The van der Waals surface area contributed by atoms with Gasteiger partial charge in [-0.05, 0) is 43.2 Å². The average Bonchev–Trinajstić information content (AvgIpc) is 2.64. The molecule has 0 radical (unpaired) electrons. The van der Waals surface area contributed by atoms with Gasteiger partial charge in [0.25, 0.3) is 10.1 Å². The summed E-state index contributed by atoms with van der Waals surface area (Å²) in [5.41, 5.74) is 7.95. The molecule has 0 aromatic heterocycles. The summed E-state index contributed by atoms with van der Waals surface area (Å²) in [5.74, 6) is -0.0374. The first-order valence-corrected chi connectivity index (χ1v) is 10.9. The van der Waals surface area contributed by atoms with Crippen LogP contribution in [-0.2, 0) is 10.1 Å². The van der Waals surface area contributed by atoms with Gasteiger partial charge in [0.2, 0.25) is 0 Å². The van der Waals surface area contributed by atoms with E-state index in [-0.39, 0.29) is 16.9 Å². The SMILES string of the molecule is Cc1ccc(S(=O)(=O)O)cc1.N[C@@H]1CCN(C(=O)O)C[C@H]1c1ccc(Cl)c(Cl)c1. The zero-order chi connectivity index (χ0) is 21.8. The molecule has 10 heteroatoms. The second-order valence-electron chi connectivity index (χ2n) is 6.75. The van der Waals surface area contributed by atoms with E-state index in [2.05, 4.69) is 0 Å². The molecule has 2 aromatic rings. The van der Waals surface area contributed by atoms with Crippen LogP contribution in [0.15, 0.2) is 47.4 Å². The predicted molar refractivity (Wildman–Crippen MR) is 112 cm³/mol. The van der Waals surface area contributed by atoms with Crippen LogP contribution in [-0.4, -0.2) is 48.2 Å². The number of hydrogen-bond acceptors (Lipinski definition) is 4. The molecule has 158 valence electrons. The Labute approximate surface area is 179 Å². The third kappa shape index (κ3) is 6.58. The molecule has 4 N–H and O–H groups in total. The number of nitrogens with zero attached hydrogens (tertiary/aromatic N) is 1. The minimum absolute atomic E-state index is 0.0374. The number of rotatable bonds is 2. The van der Waals surface area contributed by atoms with Crippen molar-refractivity contribution in [2.75, 3.05) is 13.1 Å². The van der Waals surface area contributed by atoms with Gasteiger partial charge in [0, 0.05) is 25.0 Å². The molecule has 2 aromatic carbocycles. The van der Waals surface area contributed by atoms with Gasteiger partial charge >= 0.3 is 6.09 Å². The zero-order valence-corrected chi connectivity index (χ0v) is 18.0. The second kappa shape index (κ2) is 9.77. The molecule has 1 fully saturated rings. The first-order chi connectivity index (χ1) is 13.5. The molecule has 29 heavy (non-hydrogen) atoms. The van der Waals surface area contributed by atoms with E-state index in [9.17, 15) is 13.2 Å². The number of aryl methyl sites for hydroxylation is 1. The van der Waals surface area contributed by atoms with Gasteiger partial charge in [-0.1, -0.05) is 47.0 Å². The third-order valence-corrected chi connectivity index (χ3v) is 6.23. The molecule has 1 aliphatic heterocycles. The largest absolute Gasteiger partial charge is 0.465 e. The Balaban J connectivity index is 0.000000234. The number of likely N-dealkylation sites (tertiary alicyclic amines) is 1. The van der Waals surface area contributed by atoms with E-state index in [1.807, 2.05) is 13.0 Å². The first kappa shape index (κ1) is 23.4. The van der Waals surface area contributed by atoms with E-state index in [1.165, 1.54) is 17.0 Å². The fraction of sp³-hybridized carbons (Fsp3) is 0.316. The van der Waals surface area contributed by atoms with Crippen LogP contribution in [0.4, 0.5) is 4.79 Å². The summed E-state index contributed by atoms with van der Waals surface area (Å²) in [6.45, 7) is 2.72. The number of carboxylic acid groups (broad SMARTS) is 1. The summed E-state index contributed by atoms with van der Waals surface area (Å²) < 4.78 is 29.6. The van der Waals surface area contributed by atoms with E-state index in [1.54, 1.807) is 24.3 Å². The highest BCUT2D eigenvalue weighted by Crippen LogP contribution is 2.31. The maximum atomic E-state index is 11.0. The van der Waals surface area contributed by atoms with Crippen LogP contribution in [0, 0.1) is 6.92 Å². The van der Waals surface area contributed by atoms with Gasteiger partial charge in [0.05, 0.1) is 14.9 Å². The third-order valence-electron chi connectivity index (χ3n) is 4.63. The molecule has 3 rings (SSSR count). The maximum absolute atomic E-state index is 11.0. The van der Waals surface area contributed by atoms with Crippen molar-refractivity contribution in [2.45, 2.75) is 30.2 Å². The van der Waals surface area contributed by atoms with E-state index >= 15 is 0 Å². The lowest BCUT2D eigenvalue weighted by atomic mass is 9.87. The number of nitrogens with two attached hydrogens (primary N) is 1. The Bertz CT molecular complexity index is 967. The van der Waals surface area contributed by atoms with Crippen molar-refractivity contribution in [1.29, 1.82) is 0 Å². The number of halogens is 2. The molecular formula is C19H22Cl2N2O5S. The summed E-state index contributed by atoms with van der Waals surface area (Å²) in [7, 11) is -4.02. The lowest BCUT2D eigenvalue weighted by Gasteiger charge is -2.35. The highest BCUT2D eigenvalue weighted by Gasteiger charge is 2.30. The fourth-order valence-electron chi connectivity index (χ4n) is 2.95. The van der Waals surface area contributed by atoms with Crippen molar-refractivity contribution in [3.8, 4) is 0 Å². The number of benzene rings is 2. The highest BCUT2D eigenvalue weighted by atomic mass is 35.5. The van der Waals surface area contributed by atoms with Crippen molar-refractivity contribution < 1.29 is 22.9 Å². The number of amides is 1. The zero-order valence-electron chi connectivity index (χ0n) is 15.6. The molecule has 2 atom stereocenters. The van der Waals surface area contributed by atoms with Crippen molar-refractivity contribution in [1.82, 2.24) is 4.90 Å². The van der Waals surface area contributed by atoms with Gasteiger partial charge < -0.3 is 15.7 Å². The van der Waals surface area contributed by atoms with Crippen molar-refractivity contribution in [3.63, 3.8) is 0 Å². The standard InChI is InChI=1S/C12H14Cl2N2O2.C7H8O3S/c13-9-2-1-7(5-10(9)14)8-6-16(12(17)18)4-3-11(8)15;1-6-2-4-7(5-3-6)11(8,9)10/h1-2,5,8,11H,3-4,6,15H2,(H,17,18);2-5H,1H3,(H,8,9,10)/t8-,11+;/m0./s1. The summed E-state index contributed by atoms with van der Waals surface area (Å²) in [6, 6.07) is 11.3. The molecule has 0 bridgehead atoms. The number of carbonyl (C=O) groups is 1. The monoisotopic (exact) mass is 460 g/mol. The molecule has 1 saturated heterocycles. The molecule has 1 heterocycles. The lowest BCUT2D eigenvalue weighted by molar-refractivity contribution is 0.126. The van der Waals surface area contributed by atoms with E-state index in [0.717, 1.165) is 11.1 Å². The Morgan fingerprint density at radius 2 is 1.76 bits per heavy atom. The average molecular weight is 461 g/mol. The lowest BCUT2D eigenvalue weighted by Crippen LogP contribution is -2.47. The maximum Gasteiger partial charge on any atom is 0.407 e. The molecule has 0 spiro atoms. The minimum Gasteiger partial charge on any atom is -0.465 e. The van der Waals surface area contributed by atoms with Crippen LogP contribution in [0.3, 0.4) is 0 Å². The Hall–Kier alpha value is -1.84. The summed E-state index contributed by atoms with van der Waals surface area (Å²) in [5, 5.41) is 9.98.